The van der Waals surface area contributed by atoms with E-state index in [2.05, 4.69) is 5.32 Å². The van der Waals surface area contributed by atoms with Gasteiger partial charge in [0.1, 0.15) is 12.1 Å². The summed E-state index contributed by atoms with van der Waals surface area (Å²) < 4.78 is 42.7. The van der Waals surface area contributed by atoms with E-state index in [9.17, 15) is 18.0 Å². The molecular formula is C13H15ClF3NO2. The number of ether oxygens (including phenoxy) is 1. The Morgan fingerprint density at radius 3 is 2.40 bits per heavy atom. The number of rotatable bonds is 3. The summed E-state index contributed by atoms with van der Waals surface area (Å²) in [5, 5.41) is 2.64. The Hall–Kier alpha value is -1.43. The van der Waals surface area contributed by atoms with Gasteiger partial charge in [-0.15, -0.1) is 0 Å². The van der Waals surface area contributed by atoms with Gasteiger partial charge in [0, 0.05) is 0 Å². The molecule has 1 rings (SSSR count). The van der Waals surface area contributed by atoms with Crippen LogP contribution in [0.3, 0.4) is 0 Å². The van der Waals surface area contributed by atoms with E-state index in [0.717, 1.165) is 18.2 Å². The molecular weight excluding hydrogens is 295 g/mol. The van der Waals surface area contributed by atoms with Crippen LogP contribution in [0.4, 0.5) is 18.9 Å². The molecule has 1 aromatic rings. The minimum absolute atomic E-state index is 0.0346. The van der Waals surface area contributed by atoms with Gasteiger partial charge in [0.05, 0.1) is 16.3 Å². The standard InChI is InChI=1S/C13H15ClF3NO2/c1-12(2,3)20-11(19)7-18-10-6-8(13(15,16)17)4-5-9(10)14/h4-6,18H,7H2,1-3H3. The lowest BCUT2D eigenvalue weighted by Gasteiger charge is -2.20. The Morgan fingerprint density at radius 2 is 1.90 bits per heavy atom. The van der Waals surface area contributed by atoms with Crippen LogP contribution < -0.4 is 5.32 Å². The van der Waals surface area contributed by atoms with Gasteiger partial charge in [-0.1, -0.05) is 11.6 Å². The molecule has 0 aliphatic rings. The number of anilines is 1. The van der Waals surface area contributed by atoms with E-state index in [1.165, 1.54) is 0 Å². The number of halogens is 4. The highest BCUT2D eigenvalue weighted by atomic mass is 35.5. The van der Waals surface area contributed by atoms with Crippen molar-refractivity contribution in [1.29, 1.82) is 0 Å². The van der Waals surface area contributed by atoms with E-state index in [0.29, 0.717) is 0 Å². The van der Waals surface area contributed by atoms with Crippen LogP contribution >= 0.6 is 11.6 Å². The predicted molar refractivity (Wildman–Crippen MR) is 70.8 cm³/mol. The van der Waals surface area contributed by atoms with Crippen molar-refractivity contribution >= 4 is 23.3 Å². The first-order valence-corrected chi connectivity index (χ1v) is 6.19. The number of benzene rings is 1. The van der Waals surface area contributed by atoms with E-state index in [1.54, 1.807) is 20.8 Å². The molecule has 1 N–H and O–H groups in total. The number of nitrogens with one attached hydrogen (secondary N) is 1. The number of carbonyl (C=O) groups is 1. The molecule has 0 aliphatic heterocycles. The highest BCUT2D eigenvalue weighted by molar-refractivity contribution is 6.33. The molecule has 0 saturated carbocycles. The first-order chi connectivity index (χ1) is 8.99. The average molecular weight is 310 g/mol. The maximum absolute atomic E-state index is 12.6. The summed E-state index contributed by atoms with van der Waals surface area (Å²) in [5.74, 6) is -0.578. The van der Waals surface area contributed by atoms with Gasteiger partial charge in [-0.25, -0.2) is 0 Å². The van der Waals surface area contributed by atoms with Crippen LogP contribution in [0.1, 0.15) is 26.3 Å². The third-order valence-corrected chi connectivity index (χ3v) is 2.47. The van der Waals surface area contributed by atoms with Crippen LogP contribution in [-0.2, 0) is 15.7 Å². The molecule has 0 unspecified atom stereocenters. The lowest BCUT2D eigenvalue weighted by atomic mass is 10.2. The molecule has 3 nitrogen and oxygen atoms in total. The van der Waals surface area contributed by atoms with Gasteiger partial charge in [-0.2, -0.15) is 13.2 Å². The zero-order valence-corrected chi connectivity index (χ0v) is 12.0. The highest BCUT2D eigenvalue weighted by Gasteiger charge is 2.31. The summed E-state index contributed by atoms with van der Waals surface area (Å²) in [4.78, 5) is 11.5. The highest BCUT2D eigenvalue weighted by Crippen LogP contribution is 2.33. The number of esters is 1. The van der Waals surface area contributed by atoms with Gasteiger partial charge in [-0.05, 0) is 39.0 Å². The Kier molecular flexibility index (Phi) is 4.91. The maximum Gasteiger partial charge on any atom is 0.416 e. The molecule has 0 saturated heterocycles. The fourth-order valence-corrected chi connectivity index (χ4v) is 1.57. The number of alkyl halides is 3. The smallest absolute Gasteiger partial charge is 0.416 e. The van der Waals surface area contributed by atoms with Crippen molar-refractivity contribution in [3.05, 3.63) is 28.8 Å². The first kappa shape index (κ1) is 16.6. The van der Waals surface area contributed by atoms with Gasteiger partial charge in [0.2, 0.25) is 0 Å². The topological polar surface area (TPSA) is 38.3 Å². The van der Waals surface area contributed by atoms with Crippen molar-refractivity contribution in [3.8, 4) is 0 Å². The normalized spacial score (nSPS) is 12.2. The van der Waals surface area contributed by atoms with Crippen LogP contribution in [-0.4, -0.2) is 18.1 Å². The van der Waals surface area contributed by atoms with E-state index in [4.69, 9.17) is 16.3 Å². The summed E-state index contributed by atoms with van der Waals surface area (Å²) in [5.41, 5.74) is -1.46. The van der Waals surface area contributed by atoms with Gasteiger partial charge in [-0.3, -0.25) is 4.79 Å². The lowest BCUT2D eigenvalue weighted by Crippen LogP contribution is -2.28. The molecule has 0 bridgehead atoms. The van der Waals surface area contributed by atoms with Crippen molar-refractivity contribution in [2.24, 2.45) is 0 Å². The van der Waals surface area contributed by atoms with Crippen LogP contribution in [0.2, 0.25) is 5.02 Å². The third kappa shape index (κ3) is 5.28. The molecule has 0 aliphatic carbocycles. The summed E-state index contributed by atoms with van der Waals surface area (Å²) in [7, 11) is 0. The van der Waals surface area contributed by atoms with Crippen LogP contribution in [0, 0.1) is 0 Å². The second-order valence-electron chi connectivity index (χ2n) is 5.13. The van der Waals surface area contributed by atoms with Crippen molar-refractivity contribution in [1.82, 2.24) is 0 Å². The number of carbonyl (C=O) groups excluding carboxylic acids is 1. The SMILES string of the molecule is CC(C)(C)OC(=O)CNc1cc(C(F)(F)F)ccc1Cl. The quantitative estimate of drug-likeness (QED) is 0.854. The van der Waals surface area contributed by atoms with Crippen molar-refractivity contribution < 1.29 is 22.7 Å². The Morgan fingerprint density at radius 1 is 1.30 bits per heavy atom. The molecule has 0 aromatic heterocycles. The van der Waals surface area contributed by atoms with Crippen molar-refractivity contribution in [2.75, 3.05) is 11.9 Å². The summed E-state index contributed by atoms with van der Waals surface area (Å²) >= 11 is 5.78. The summed E-state index contributed by atoms with van der Waals surface area (Å²) in [6, 6.07) is 2.86. The Bertz CT molecular complexity index is 495. The second-order valence-corrected chi connectivity index (χ2v) is 5.54. The van der Waals surface area contributed by atoms with E-state index < -0.39 is 23.3 Å². The second kappa shape index (κ2) is 5.91. The lowest BCUT2D eigenvalue weighted by molar-refractivity contribution is -0.152. The average Bonchev–Trinajstić information content (AvgIpc) is 2.24. The van der Waals surface area contributed by atoms with Gasteiger partial charge < -0.3 is 10.1 Å². The first-order valence-electron chi connectivity index (χ1n) is 5.81. The zero-order valence-electron chi connectivity index (χ0n) is 11.3. The minimum Gasteiger partial charge on any atom is -0.459 e. The summed E-state index contributed by atoms with van der Waals surface area (Å²) in [6.07, 6.45) is -4.47. The van der Waals surface area contributed by atoms with Crippen LogP contribution in [0.5, 0.6) is 0 Å². The summed E-state index contributed by atoms with van der Waals surface area (Å²) in [6.45, 7) is 4.82. The Labute approximate surface area is 120 Å². The van der Waals surface area contributed by atoms with Crippen LogP contribution in [0.25, 0.3) is 0 Å². The monoisotopic (exact) mass is 309 g/mol. The predicted octanol–water partition coefficient (Wildman–Crippen LogP) is 4.11. The molecule has 0 heterocycles. The molecule has 1 aromatic carbocycles. The Balaban J connectivity index is 2.75. The van der Waals surface area contributed by atoms with Gasteiger partial charge in [0.15, 0.2) is 0 Å². The van der Waals surface area contributed by atoms with Crippen molar-refractivity contribution in [2.45, 2.75) is 32.5 Å². The van der Waals surface area contributed by atoms with E-state index >= 15 is 0 Å². The molecule has 0 fully saturated rings. The van der Waals surface area contributed by atoms with Crippen molar-refractivity contribution in [3.63, 3.8) is 0 Å². The van der Waals surface area contributed by atoms with Crippen LogP contribution in [0.15, 0.2) is 18.2 Å². The van der Waals surface area contributed by atoms with Gasteiger partial charge >= 0.3 is 12.1 Å². The third-order valence-electron chi connectivity index (χ3n) is 2.14. The molecule has 0 amide bonds. The molecule has 0 atom stereocenters. The largest absolute Gasteiger partial charge is 0.459 e. The fourth-order valence-electron chi connectivity index (χ4n) is 1.38. The molecule has 112 valence electrons. The van der Waals surface area contributed by atoms with E-state index in [-0.39, 0.29) is 17.3 Å². The molecule has 7 heteroatoms. The molecule has 0 spiro atoms. The van der Waals surface area contributed by atoms with Gasteiger partial charge in [0.25, 0.3) is 0 Å². The zero-order chi connectivity index (χ0) is 15.6. The van der Waals surface area contributed by atoms with E-state index in [1.807, 2.05) is 0 Å². The molecule has 20 heavy (non-hydrogen) atoms. The number of hydrogen-bond acceptors (Lipinski definition) is 3. The minimum atomic E-state index is -4.47. The molecule has 0 radical (unpaired) electrons. The number of hydrogen-bond donors (Lipinski definition) is 1. The maximum atomic E-state index is 12.6. The fraction of sp³-hybridized carbons (Fsp3) is 0.462.